The summed E-state index contributed by atoms with van der Waals surface area (Å²) >= 11 is 0. The zero-order valence-corrected chi connectivity index (χ0v) is 5.74. The highest BCUT2D eigenvalue weighted by Crippen LogP contribution is 1.87. The summed E-state index contributed by atoms with van der Waals surface area (Å²) < 4.78 is 0. The Morgan fingerprint density at radius 2 is 2.40 bits per heavy atom. The van der Waals surface area contributed by atoms with Gasteiger partial charge in [-0.25, -0.2) is 0 Å². The van der Waals surface area contributed by atoms with E-state index in [1.165, 1.54) is 6.07 Å². The van der Waals surface area contributed by atoms with Gasteiger partial charge in [-0.05, 0) is 12.5 Å². The molecule has 4 heteroatoms. The molecule has 0 spiro atoms. The summed E-state index contributed by atoms with van der Waals surface area (Å²) in [7, 11) is 0. The van der Waals surface area contributed by atoms with E-state index in [9.17, 15) is 4.79 Å². The minimum Gasteiger partial charge on any atom is -0.320 e. The predicted molar refractivity (Wildman–Crippen MR) is 38.0 cm³/mol. The van der Waals surface area contributed by atoms with Crippen LogP contribution in [0.25, 0.3) is 0 Å². The van der Waals surface area contributed by atoms with Crippen LogP contribution in [0.5, 0.6) is 0 Å². The van der Waals surface area contributed by atoms with E-state index < -0.39 is 0 Å². The van der Waals surface area contributed by atoms with Crippen molar-refractivity contribution >= 4 is 0 Å². The number of nitrogens with zero attached hydrogens (tertiary/aromatic N) is 2. The molecule has 0 aromatic carbocycles. The van der Waals surface area contributed by atoms with E-state index in [0.717, 1.165) is 16.9 Å². The molecule has 0 atom stereocenters. The summed E-state index contributed by atoms with van der Waals surface area (Å²) in [4.78, 5) is 11.5. The average molecular weight is 139 g/mol. The summed E-state index contributed by atoms with van der Waals surface area (Å²) in [5.74, 6) is 5.19. The van der Waals surface area contributed by atoms with Crippen LogP contribution in [-0.2, 0) is 6.42 Å². The largest absolute Gasteiger partial charge is 0.320 e. The molecule has 4 nitrogen and oxygen atoms in total. The van der Waals surface area contributed by atoms with Crippen molar-refractivity contribution in [2.45, 2.75) is 13.3 Å². The van der Waals surface area contributed by atoms with Crippen molar-refractivity contribution in [3.8, 4) is 0 Å². The molecule has 0 saturated carbocycles. The minimum absolute atomic E-state index is 0.280. The van der Waals surface area contributed by atoms with Gasteiger partial charge in [-0.15, -0.1) is 4.79 Å². The van der Waals surface area contributed by atoms with Crippen LogP contribution < -0.4 is 11.4 Å². The molecule has 0 unspecified atom stereocenters. The zero-order chi connectivity index (χ0) is 7.56. The fraction of sp³-hybridized carbons (Fsp3) is 0.333. The first-order chi connectivity index (χ1) is 4.74. The van der Waals surface area contributed by atoms with E-state index in [1.807, 2.05) is 6.92 Å². The van der Waals surface area contributed by atoms with Crippen molar-refractivity contribution < 1.29 is 0 Å². The quantitative estimate of drug-likeness (QED) is 0.534. The van der Waals surface area contributed by atoms with Gasteiger partial charge in [0, 0.05) is 6.07 Å². The van der Waals surface area contributed by atoms with Gasteiger partial charge >= 0.3 is 0 Å². The third-order valence-corrected chi connectivity index (χ3v) is 1.24. The minimum atomic E-state index is -0.280. The van der Waals surface area contributed by atoms with E-state index in [1.54, 1.807) is 6.07 Å². The number of nitrogen functional groups attached to an aromatic ring is 1. The molecule has 1 aromatic heterocycles. The molecular formula is C6H9N3O. The number of aryl methyl sites for hydroxylation is 1. The van der Waals surface area contributed by atoms with Crippen molar-refractivity contribution in [3.05, 3.63) is 28.2 Å². The highest BCUT2D eigenvalue weighted by molar-refractivity contribution is 4.99. The van der Waals surface area contributed by atoms with Crippen molar-refractivity contribution in [1.29, 1.82) is 0 Å². The molecule has 0 fully saturated rings. The second-order valence-electron chi connectivity index (χ2n) is 1.96. The summed E-state index contributed by atoms with van der Waals surface area (Å²) in [6, 6.07) is 3.08. The van der Waals surface area contributed by atoms with Crippen molar-refractivity contribution in [1.82, 2.24) is 9.89 Å². The lowest BCUT2D eigenvalue weighted by atomic mass is 10.3. The van der Waals surface area contributed by atoms with Gasteiger partial charge < -0.3 is 5.84 Å². The van der Waals surface area contributed by atoms with Crippen LogP contribution >= 0.6 is 0 Å². The lowest BCUT2D eigenvalue weighted by Crippen LogP contribution is -2.29. The lowest BCUT2D eigenvalue weighted by molar-refractivity contribution is 0.729. The number of hydrogen-bond donors (Lipinski definition) is 1. The maximum Gasteiger partial charge on any atom is 0.285 e. The third-order valence-electron chi connectivity index (χ3n) is 1.24. The number of rotatable bonds is 1. The number of nitrogens with two attached hydrogens (primary N) is 1. The Kier molecular flexibility index (Phi) is 1.71. The van der Waals surface area contributed by atoms with Crippen LogP contribution in [0.1, 0.15) is 12.6 Å². The monoisotopic (exact) mass is 139 g/mol. The lowest BCUT2D eigenvalue weighted by Gasteiger charge is -1.96. The van der Waals surface area contributed by atoms with Crippen LogP contribution in [0.2, 0.25) is 0 Å². The van der Waals surface area contributed by atoms with Crippen molar-refractivity contribution in [3.63, 3.8) is 0 Å². The summed E-state index contributed by atoms with van der Waals surface area (Å²) in [5.41, 5.74) is 0.541. The molecule has 10 heavy (non-hydrogen) atoms. The zero-order valence-electron chi connectivity index (χ0n) is 5.74. The molecule has 0 radical (unpaired) electrons. The third kappa shape index (κ3) is 1.15. The maximum absolute atomic E-state index is 10.7. The molecule has 1 heterocycles. The highest BCUT2D eigenvalue weighted by Gasteiger charge is 1.92. The van der Waals surface area contributed by atoms with E-state index in [-0.39, 0.29) is 5.56 Å². The summed E-state index contributed by atoms with van der Waals surface area (Å²) in [6.45, 7) is 1.95. The molecule has 0 aliphatic heterocycles. The predicted octanol–water partition coefficient (Wildman–Crippen LogP) is -0.481. The van der Waals surface area contributed by atoms with Gasteiger partial charge in [0.05, 0.1) is 5.69 Å². The van der Waals surface area contributed by atoms with Gasteiger partial charge in [0.1, 0.15) is 0 Å². The molecule has 0 aliphatic carbocycles. The molecule has 0 amide bonds. The van der Waals surface area contributed by atoms with Gasteiger partial charge in [0.15, 0.2) is 0 Å². The second-order valence-corrected chi connectivity index (χ2v) is 1.96. The Bertz CT molecular complexity index is 279. The molecule has 54 valence electrons. The average Bonchev–Trinajstić information content (AvgIpc) is 1.95. The SMILES string of the molecule is CCc1ccc(=O)n(N)n1. The van der Waals surface area contributed by atoms with E-state index in [4.69, 9.17) is 5.84 Å². The van der Waals surface area contributed by atoms with Crippen LogP contribution in [0.4, 0.5) is 0 Å². The van der Waals surface area contributed by atoms with E-state index in [2.05, 4.69) is 5.10 Å². The van der Waals surface area contributed by atoms with Gasteiger partial charge in [-0.2, -0.15) is 5.10 Å². The smallest absolute Gasteiger partial charge is 0.285 e. The first-order valence-corrected chi connectivity index (χ1v) is 3.08. The second kappa shape index (κ2) is 2.51. The van der Waals surface area contributed by atoms with Gasteiger partial charge in [-0.3, -0.25) is 4.79 Å². The molecule has 2 N–H and O–H groups in total. The summed E-state index contributed by atoms with van der Waals surface area (Å²) in [6.07, 6.45) is 0.789. The standard InChI is InChI=1S/C6H9N3O/c1-2-5-3-4-6(10)9(7)8-5/h3-4H,2,7H2,1H3. The van der Waals surface area contributed by atoms with Gasteiger partial charge in [0.25, 0.3) is 5.56 Å². The van der Waals surface area contributed by atoms with Crippen molar-refractivity contribution in [2.75, 3.05) is 5.84 Å². The Morgan fingerprint density at radius 3 is 2.90 bits per heavy atom. The van der Waals surface area contributed by atoms with Crippen LogP contribution in [0.15, 0.2) is 16.9 Å². The van der Waals surface area contributed by atoms with Crippen LogP contribution in [0, 0.1) is 0 Å². The Balaban J connectivity index is 3.17. The molecule has 1 aromatic rings. The topological polar surface area (TPSA) is 60.9 Å². The normalized spacial score (nSPS) is 9.70. The molecule has 1 rings (SSSR count). The van der Waals surface area contributed by atoms with E-state index in [0.29, 0.717) is 0 Å². The molecule has 0 saturated heterocycles. The molecule has 0 aliphatic rings. The first-order valence-electron chi connectivity index (χ1n) is 3.08. The Labute approximate surface area is 58.3 Å². The van der Waals surface area contributed by atoms with Crippen LogP contribution in [0.3, 0.4) is 0 Å². The van der Waals surface area contributed by atoms with Gasteiger partial charge in [-0.1, -0.05) is 6.92 Å². The first kappa shape index (κ1) is 6.80. The van der Waals surface area contributed by atoms with E-state index >= 15 is 0 Å². The molecule has 0 bridgehead atoms. The van der Waals surface area contributed by atoms with Gasteiger partial charge in [0.2, 0.25) is 0 Å². The van der Waals surface area contributed by atoms with Crippen LogP contribution in [-0.4, -0.2) is 9.89 Å². The maximum atomic E-state index is 10.7. The van der Waals surface area contributed by atoms with Crippen molar-refractivity contribution in [2.24, 2.45) is 0 Å². The fourth-order valence-corrected chi connectivity index (χ4v) is 0.653. The molecular weight excluding hydrogens is 130 g/mol. The summed E-state index contributed by atoms with van der Waals surface area (Å²) in [5, 5.41) is 3.77. The Hall–Kier alpha value is -1.32. The number of hydrogen-bond acceptors (Lipinski definition) is 3. The Morgan fingerprint density at radius 1 is 1.70 bits per heavy atom. The fourth-order valence-electron chi connectivity index (χ4n) is 0.653. The highest BCUT2D eigenvalue weighted by atomic mass is 16.1. The number of aromatic nitrogens is 2.